The van der Waals surface area contributed by atoms with Crippen molar-refractivity contribution in [3.63, 3.8) is 0 Å². The van der Waals surface area contributed by atoms with Gasteiger partial charge in [0.25, 0.3) is 0 Å². The van der Waals surface area contributed by atoms with Gasteiger partial charge in [-0.3, -0.25) is 9.88 Å². The molecule has 0 radical (unpaired) electrons. The quantitative estimate of drug-likeness (QED) is 0.469. The fraction of sp³-hybridized carbons (Fsp3) is 0.500. The third kappa shape index (κ3) is 4.26. The smallest absolute Gasteiger partial charge is 0.319 e. The molecule has 4 aliphatic heterocycles. The van der Waals surface area contributed by atoms with Crippen molar-refractivity contribution >= 4 is 16.7 Å². The second-order valence-corrected chi connectivity index (χ2v) is 11.5. The highest BCUT2D eigenvalue weighted by Gasteiger charge is 2.45. The molecular formula is C30H33FN6O2. The summed E-state index contributed by atoms with van der Waals surface area (Å²) in [4.78, 5) is 18.8. The predicted molar refractivity (Wildman–Crippen MR) is 147 cm³/mol. The molecule has 0 spiro atoms. The lowest BCUT2D eigenvalue weighted by atomic mass is 9.95. The van der Waals surface area contributed by atoms with Gasteiger partial charge >= 0.3 is 6.01 Å². The molecule has 2 aromatic heterocycles. The third-order valence-electron chi connectivity index (χ3n) is 9.08. The van der Waals surface area contributed by atoms with Crippen LogP contribution >= 0.6 is 0 Å². The van der Waals surface area contributed by atoms with Gasteiger partial charge in [-0.2, -0.15) is 9.97 Å². The van der Waals surface area contributed by atoms with Crippen molar-refractivity contribution in [3.05, 3.63) is 35.8 Å². The number of benzene rings is 1. The number of nitrogens with zero attached hydrogens (tertiary/aromatic N) is 5. The van der Waals surface area contributed by atoms with E-state index < -0.39 is 5.82 Å². The van der Waals surface area contributed by atoms with Crippen LogP contribution < -0.4 is 15.0 Å². The number of piperazine rings is 1. The van der Waals surface area contributed by atoms with Crippen LogP contribution in [0.2, 0.25) is 0 Å². The summed E-state index contributed by atoms with van der Waals surface area (Å²) < 4.78 is 22.7. The summed E-state index contributed by atoms with van der Waals surface area (Å²) >= 11 is 0. The second-order valence-electron chi connectivity index (χ2n) is 11.5. The van der Waals surface area contributed by atoms with Crippen molar-refractivity contribution in [1.82, 2.24) is 25.2 Å². The van der Waals surface area contributed by atoms with E-state index in [4.69, 9.17) is 16.1 Å². The van der Waals surface area contributed by atoms with E-state index in [0.717, 1.165) is 51.9 Å². The van der Waals surface area contributed by atoms with Gasteiger partial charge in [0, 0.05) is 43.4 Å². The Labute approximate surface area is 227 Å². The van der Waals surface area contributed by atoms with Crippen LogP contribution in [0.15, 0.2) is 24.4 Å². The molecule has 1 aromatic carbocycles. The Morgan fingerprint density at radius 2 is 1.92 bits per heavy atom. The number of fused-ring (bicyclic) bond motifs is 4. The van der Waals surface area contributed by atoms with Crippen molar-refractivity contribution in [2.75, 3.05) is 37.7 Å². The molecule has 0 amide bonds. The minimum absolute atomic E-state index is 0.0210. The Bertz CT molecular complexity index is 1450. The van der Waals surface area contributed by atoms with Crippen LogP contribution in [0.1, 0.15) is 44.1 Å². The fourth-order valence-corrected chi connectivity index (χ4v) is 7.19. The Morgan fingerprint density at radius 3 is 2.67 bits per heavy atom. The summed E-state index contributed by atoms with van der Waals surface area (Å²) in [5.74, 6) is 2.73. The number of phenols is 1. The molecule has 2 N–H and O–H groups in total. The number of rotatable bonds is 6. The lowest BCUT2D eigenvalue weighted by molar-refractivity contribution is 0.108. The largest absolute Gasteiger partial charge is 0.508 e. The van der Waals surface area contributed by atoms with Crippen LogP contribution in [0, 0.1) is 18.2 Å². The average Bonchev–Trinajstić information content (AvgIpc) is 3.62. The molecular weight excluding hydrogens is 495 g/mol. The van der Waals surface area contributed by atoms with Crippen molar-refractivity contribution in [1.29, 1.82) is 0 Å². The molecule has 7 rings (SSSR count). The Kier molecular flexibility index (Phi) is 6.05. The highest BCUT2D eigenvalue weighted by atomic mass is 19.1. The van der Waals surface area contributed by atoms with E-state index in [1.165, 1.54) is 18.9 Å². The molecule has 0 saturated carbocycles. The molecule has 8 nitrogen and oxygen atoms in total. The summed E-state index contributed by atoms with van der Waals surface area (Å²) in [5, 5.41) is 14.4. The van der Waals surface area contributed by atoms with E-state index >= 15 is 4.39 Å². The van der Waals surface area contributed by atoms with E-state index in [-0.39, 0.29) is 28.5 Å². The summed E-state index contributed by atoms with van der Waals surface area (Å²) in [7, 11) is 0. The number of aromatic hydroxyl groups is 1. The normalized spacial score (nSPS) is 23.7. The van der Waals surface area contributed by atoms with Crippen molar-refractivity contribution < 1.29 is 14.2 Å². The number of halogens is 1. The van der Waals surface area contributed by atoms with Gasteiger partial charge in [-0.25, -0.2) is 4.39 Å². The number of nitrogens with one attached hydrogen (secondary N) is 1. The Balaban J connectivity index is 1.32. The number of ether oxygens (including phenoxy) is 1. The fourth-order valence-electron chi connectivity index (χ4n) is 7.19. The number of anilines is 1. The highest BCUT2D eigenvalue weighted by molar-refractivity contribution is 5.92. The summed E-state index contributed by atoms with van der Waals surface area (Å²) in [5.41, 5.74) is 1.48. The first-order chi connectivity index (χ1) is 19.0. The molecule has 4 fully saturated rings. The molecule has 4 saturated heterocycles. The molecule has 2 atom stereocenters. The number of pyridine rings is 1. The van der Waals surface area contributed by atoms with Crippen molar-refractivity contribution in [2.45, 2.75) is 62.6 Å². The zero-order valence-electron chi connectivity index (χ0n) is 22.0. The zero-order valence-corrected chi connectivity index (χ0v) is 22.0. The topological polar surface area (TPSA) is 86.6 Å². The van der Waals surface area contributed by atoms with E-state index in [1.54, 1.807) is 18.3 Å². The molecule has 4 aliphatic rings. The lowest BCUT2D eigenvalue weighted by Crippen LogP contribution is -2.51. The van der Waals surface area contributed by atoms with Crippen LogP contribution in [0.3, 0.4) is 0 Å². The number of hydrogen-bond donors (Lipinski definition) is 2. The maximum absolute atomic E-state index is 16.4. The molecule has 0 aliphatic carbocycles. The molecule has 6 heterocycles. The highest BCUT2D eigenvalue weighted by Crippen LogP contribution is 2.40. The number of hydrogen-bond acceptors (Lipinski definition) is 8. The van der Waals surface area contributed by atoms with Crippen LogP contribution in [-0.2, 0) is 6.42 Å². The van der Waals surface area contributed by atoms with Crippen LogP contribution in [0.5, 0.6) is 11.8 Å². The third-order valence-corrected chi connectivity index (χ3v) is 9.08. The van der Waals surface area contributed by atoms with E-state index in [2.05, 4.69) is 31.0 Å². The first-order valence-electron chi connectivity index (χ1n) is 14.0. The summed E-state index contributed by atoms with van der Waals surface area (Å²) in [6.45, 7) is 4.29. The van der Waals surface area contributed by atoms with E-state index in [0.29, 0.717) is 47.4 Å². The maximum atomic E-state index is 16.4. The Morgan fingerprint density at radius 1 is 1.15 bits per heavy atom. The maximum Gasteiger partial charge on any atom is 0.319 e. The van der Waals surface area contributed by atoms with Crippen LogP contribution in [0.25, 0.3) is 22.2 Å². The first-order valence-corrected chi connectivity index (χ1v) is 14.0. The lowest BCUT2D eigenvalue weighted by Gasteiger charge is -2.34. The second kappa shape index (κ2) is 9.61. The van der Waals surface area contributed by atoms with Gasteiger partial charge in [0.2, 0.25) is 0 Å². The van der Waals surface area contributed by atoms with Gasteiger partial charge in [0.1, 0.15) is 29.4 Å². The summed E-state index contributed by atoms with van der Waals surface area (Å²) in [6, 6.07) is 5.74. The van der Waals surface area contributed by atoms with E-state index in [1.807, 2.05) is 0 Å². The number of terminal acetylenes is 1. The zero-order chi connectivity index (χ0) is 26.6. The summed E-state index contributed by atoms with van der Waals surface area (Å²) in [6.07, 6.45) is 14.3. The molecule has 9 heteroatoms. The average molecular weight is 529 g/mol. The minimum Gasteiger partial charge on any atom is -0.508 e. The van der Waals surface area contributed by atoms with Gasteiger partial charge in [-0.05, 0) is 69.3 Å². The Hall–Kier alpha value is -3.48. The van der Waals surface area contributed by atoms with Gasteiger partial charge in [0.05, 0.1) is 10.9 Å². The van der Waals surface area contributed by atoms with Gasteiger partial charge in [-0.15, -0.1) is 12.3 Å². The van der Waals surface area contributed by atoms with Crippen LogP contribution in [0.4, 0.5) is 10.2 Å². The standard InChI is InChI=1S/C30H33FN6O2/c1-2-5-19-6-9-22(38)14-23(19)26-25(31)27-24(15-32-26)28(36-16-20-7-8-21(17-36)33-20)35-29(34-27)39-18-30-10-3-12-37(30)13-4-11-30/h1,6,9,14-15,20-21,33,38H,3-5,7-8,10-13,16-18H2/t20-,21+. The number of aromatic nitrogens is 3. The predicted octanol–water partition coefficient (Wildman–Crippen LogP) is 3.66. The van der Waals surface area contributed by atoms with Gasteiger partial charge < -0.3 is 20.1 Å². The number of phenolic OH excluding ortho intramolecular Hbond substituents is 1. The first kappa shape index (κ1) is 24.6. The SMILES string of the molecule is C#CCc1ccc(O)cc1-c1ncc2c(N3C[C@H]4CC[C@@H](C3)N4)nc(OCC34CCCN3CCC4)nc2c1F. The van der Waals surface area contributed by atoms with Gasteiger partial charge in [0.15, 0.2) is 5.82 Å². The van der Waals surface area contributed by atoms with Gasteiger partial charge in [-0.1, -0.05) is 6.07 Å². The minimum atomic E-state index is -0.565. The monoisotopic (exact) mass is 528 g/mol. The van der Waals surface area contributed by atoms with Crippen LogP contribution in [-0.4, -0.2) is 75.4 Å². The molecule has 2 bridgehead atoms. The molecule has 202 valence electrons. The molecule has 39 heavy (non-hydrogen) atoms. The van der Waals surface area contributed by atoms with E-state index in [9.17, 15) is 5.11 Å². The molecule has 0 unspecified atom stereocenters. The van der Waals surface area contributed by atoms with Crippen molar-refractivity contribution in [3.8, 4) is 35.4 Å². The molecule has 3 aromatic rings. The van der Waals surface area contributed by atoms with Crippen molar-refractivity contribution in [2.24, 2.45) is 0 Å².